The molecule has 1 aromatic carbocycles. The molecule has 1 N–H and O–H groups in total. The second-order valence-electron chi connectivity index (χ2n) is 3.67. The van der Waals surface area contributed by atoms with Gasteiger partial charge in [-0.3, -0.25) is 4.79 Å². The van der Waals surface area contributed by atoms with Crippen LogP contribution >= 0.6 is 35.0 Å². The molecule has 0 fully saturated rings. The van der Waals surface area contributed by atoms with Crippen LogP contribution in [0.3, 0.4) is 0 Å². The number of carboxylic acids is 1. The van der Waals surface area contributed by atoms with Crippen LogP contribution in [-0.2, 0) is 4.79 Å². The van der Waals surface area contributed by atoms with Crippen molar-refractivity contribution >= 4 is 40.9 Å². The summed E-state index contributed by atoms with van der Waals surface area (Å²) in [4.78, 5) is 11.0. The highest BCUT2D eigenvalue weighted by Gasteiger charge is 2.24. The van der Waals surface area contributed by atoms with Gasteiger partial charge in [-0.1, -0.05) is 34.4 Å². The highest BCUT2D eigenvalue weighted by atomic mass is 35.5. The van der Waals surface area contributed by atoms with Gasteiger partial charge in [-0.2, -0.15) is 0 Å². The van der Waals surface area contributed by atoms with E-state index in [0.29, 0.717) is 21.3 Å². The molecule has 7 heteroatoms. The number of benzene rings is 1. The van der Waals surface area contributed by atoms with Gasteiger partial charge < -0.3 is 9.63 Å². The molecule has 4 nitrogen and oxygen atoms in total. The number of halogens is 2. The summed E-state index contributed by atoms with van der Waals surface area (Å²) in [5, 5.41) is 13.0. The maximum atomic E-state index is 11.0. The molecule has 1 unspecified atom stereocenters. The Kier molecular flexibility index (Phi) is 4.39. The molecule has 0 saturated heterocycles. The number of carbonyl (C=O) groups is 1. The summed E-state index contributed by atoms with van der Waals surface area (Å²) >= 11 is 13.3. The number of thioether (sulfide) groups is 1. The van der Waals surface area contributed by atoms with E-state index in [-0.39, 0.29) is 5.76 Å². The van der Waals surface area contributed by atoms with Crippen molar-refractivity contribution in [2.75, 3.05) is 6.26 Å². The normalized spacial score (nSPS) is 12.4. The fourth-order valence-corrected chi connectivity index (χ4v) is 2.75. The number of rotatable bonds is 4. The van der Waals surface area contributed by atoms with Crippen LogP contribution in [0, 0.1) is 0 Å². The number of aromatic nitrogens is 1. The van der Waals surface area contributed by atoms with E-state index < -0.39 is 11.2 Å². The third-order valence-electron chi connectivity index (χ3n) is 2.47. The highest BCUT2D eigenvalue weighted by Crippen LogP contribution is 2.36. The van der Waals surface area contributed by atoms with Gasteiger partial charge in [0.15, 0.2) is 11.0 Å². The molecule has 1 atom stereocenters. The van der Waals surface area contributed by atoms with Gasteiger partial charge in [-0.15, -0.1) is 11.8 Å². The number of nitrogens with zero attached hydrogens (tertiary/aromatic N) is 1. The van der Waals surface area contributed by atoms with Crippen LogP contribution < -0.4 is 0 Å². The minimum Gasteiger partial charge on any atom is -0.480 e. The highest BCUT2D eigenvalue weighted by molar-refractivity contribution is 7.99. The first-order valence-corrected chi connectivity index (χ1v) is 7.25. The Morgan fingerprint density at radius 3 is 2.58 bits per heavy atom. The van der Waals surface area contributed by atoms with Crippen LogP contribution in [0.4, 0.5) is 0 Å². The maximum Gasteiger partial charge on any atom is 0.324 e. The second kappa shape index (κ2) is 5.86. The van der Waals surface area contributed by atoms with Crippen LogP contribution in [0.5, 0.6) is 0 Å². The summed E-state index contributed by atoms with van der Waals surface area (Å²) < 4.78 is 5.07. The third-order valence-corrected chi connectivity index (χ3v) is 4.00. The first-order valence-electron chi connectivity index (χ1n) is 5.21. The van der Waals surface area contributed by atoms with Crippen molar-refractivity contribution in [2.24, 2.45) is 0 Å². The Hall–Kier alpha value is -1.17. The minimum atomic E-state index is -0.986. The van der Waals surface area contributed by atoms with Crippen LogP contribution in [0.25, 0.3) is 11.3 Å². The van der Waals surface area contributed by atoms with Crippen LogP contribution in [0.15, 0.2) is 28.8 Å². The van der Waals surface area contributed by atoms with E-state index in [4.69, 9.17) is 32.8 Å². The number of hydrogen-bond donors (Lipinski definition) is 1. The predicted molar refractivity (Wildman–Crippen MR) is 75.9 cm³/mol. The van der Waals surface area contributed by atoms with Gasteiger partial charge >= 0.3 is 5.97 Å². The van der Waals surface area contributed by atoms with E-state index >= 15 is 0 Å². The van der Waals surface area contributed by atoms with Gasteiger partial charge in [0.05, 0.1) is 10.0 Å². The largest absolute Gasteiger partial charge is 0.480 e. The summed E-state index contributed by atoms with van der Waals surface area (Å²) in [7, 11) is 0. The zero-order chi connectivity index (χ0) is 14.0. The molecule has 0 spiro atoms. The van der Waals surface area contributed by atoms with E-state index in [1.807, 2.05) is 0 Å². The lowest BCUT2D eigenvalue weighted by atomic mass is 10.1. The number of carboxylic acid groups (broad SMARTS) is 1. The lowest BCUT2D eigenvalue weighted by Crippen LogP contribution is -2.06. The van der Waals surface area contributed by atoms with Crippen molar-refractivity contribution in [1.82, 2.24) is 5.16 Å². The Morgan fingerprint density at radius 2 is 2.05 bits per heavy atom. The van der Waals surface area contributed by atoms with Crippen LogP contribution in [-0.4, -0.2) is 22.5 Å². The summed E-state index contributed by atoms with van der Waals surface area (Å²) in [5.74, 6) is -0.730. The maximum absolute atomic E-state index is 11.0. The molecular formula is C12H9Cl2NO3S. The molecule has 1 heterocycles. The third kappa shape index (κ3) is 2.88. The summed E-state index contributed by atoms with van der Waals surface area (Å²) in [5.41, 5.74) is 0.956. The van der Waals surface area contributed by atoms with E-state index in [2.05, 4.69) is 5.16 Å². The van der Waals surface area contributed by atoms with E-state index in [9.17, 15) is 4.79 Å². The first kappa shape index (κ1) is 14.2. The molecule has 2 aromatic rings. The molecule has 0 aliphatic rings. The summed E-state index contributed by atoms with van der Waals surface area (Å²) in [6.07, 6.45) is 1.68. The Labute approximate surface area is 123 Å². The average molecular weight is 318 g/mol. The predicted octanol–water partition coefficient (Wildman–Crippen LogP) is 4.14. The van der Waals surface area contributed by atoms with E-state index in [0.717, 1.165) is 11.8 Å². The minimum absolute atomic E-state index is 0.256. The first-order chi connectivity index (χ1) is 9.04. The van der Waals surface area contributed by atoms with E-state index in [1.165, 1.54) is 0 Å². The fourth-order valence-electron chi connectivity index (χ4n) is 1.61. The van der Waals surface area contributed by atoms with Crippen LogP contribution in [0.1, 0.15) is 11.0 Å². The van der Waals surface area contributed by atoms with Crippen molar-refractivity contribution in [1.29, 1.82) is 0 Å². The molecule has 2 rings (SSSR count). The molecule has 1 aromatic heterocycles. The smallest absolute Gasteiger partial charge is 0.324 e. The molecule has 0 amide bonds. The quantitative estimate of drug-likeness (QED) is 0.918. The van der Waals surface area contributed by atoms with Gasteiger partial charge in [-0.05, 0) is 18.4 Å². The van der Waals surface area contributed by atoms with Crippen molar-refractivity contribution in [2.45, 2.75) is 5.25 Å². The Morgan fingerprint density at radius 1 is 1.42 bits per heavy atom. The molecule has 0 bridgehead atoms. The number of hydrogen-bond acceptors (Lipinski definition) is 4. The number of aliphatic carboxylic acids is 1. The van der Waals surface area contributed by atoms with Gasteiger partial charge in [-0.25, -0.2) is 0 Å². The second-order valence-corrected chi connectivity index (χ2v) is 5.42. The molecule has 0 radical (unpaired) electrons. The molecule has 0 aliphatic heterocycles. The molecule has 0 aliphatic carbocycles. The molecular weight excluding hydrogens is 309 g/mol. The average Bonchev–Trinajstić information content (AvgIpc) is 2.78. The molecule has 19 heavy (non-hydrogen) atoms. The lowest BCUT2D eigenvalue weighted by Gasteiger charge is -2.03. The zero-order valence-corrected chi connectivity index (χ0v) is 12.1. The van der Waals surface area contributed by atoms with Crippen LogP contribution in [0.2, 0.25) is 10.0 Å². The van der Waals surface area contributed by atoms with Gasteiger partial charge in [0.1, 0.15) is 5.69 Å². The lowest BCUT2D eigenvalue weighted by molar-refractivity contribution is -0.136. The van der Waals surface area contributed by atoms with Gasteiger partial charge in [0, 0.05) is 11.6 Å². The van der Waals surface area contributed by atoms with Crippen molar-refractivity contribution < 1.29 is 14.4 Å². The van der Waals surface area contributed by atoms with E-state index in [1.54, 1.807) is 30.5 Å². The molecule has 0 saturated carbocycles. The van der Waals surface area contributed by atoms with Gasteiger partial charge in [0.25, 0.3) is 0 Å². The fraction of sp³-hybridized carbons (Fsp3) is 0.167. The molecule has 100 valence electrons. The monoisotopic (exact) mass is 317 g/mol. The Bertz CT molecular complexity index is 595. The standard InChI is InChI=1S/C12H9Cl2NO3S/c1-19-11(12(16)17)9-5-8(15-18-9)10-6(13)3-2-4-7(10)14/h2-5,11H,1H3,(H,16,17). The zero-order valence-electron chi connectivity index (χ0n) is 9.76. The van der Waals surface area contributed by atoms with Crippen molar-refractivity contribution in [3.05, 3.63) is 40.1 Å². The Balaban J connectivity index is 2.44. The summed E-state index contributed by atoms with van der Waals surface area (Å²) in [6, 6.07) is 6.63. The summed E-state index contributed by atoms with van der Waals surface area (Å²) in [6.45, 7) is 0. The van der Waals surface area contributed by atoms with Gasteiger partial charge in [0.2, 0.25) is 0 Å². The van der Waals surface area contributed by atoms with Crippen molar-refractivity contribution in [3.8, 4) is 11.3 Å². The SMILES string of the molecule is CSC(C(=O)O)c1cc(-c2c(Cl)cccc2Cl)no1. The van der Waals surface area contributed by atoms with Crippen molar-refractivity contribution in [3.63, 3.8) is 0 Å². The topological polar surface area (TPSA) is 63.3 Å².